The molecule has 0 aliphatic rings. The minimum absolute atomic E-state index is 0.00705. The molecule has 0 bridgehead atoms. The number of methoxy groups -OCH3 is 1. The topological polar surface area (TPSA) is 71.3 Å². The summed E-state index contributed by atoms with van der Waals surface area (Å²) in [6.07, 6.45) is 1.50. The van der Waals surface area contributed by atoms with Gasteiger partial charge >= 0.3 is 0 Å². The first kappa shape index (κ1) is 21.5. The van der Waals surface area contributed by atoms with Crippen LogP contribution in [0.25, 0.3) is 6.08 Å². The molecule has 0 aliphatic heterocycles. The van der Waals surface area contributed by atoms with Crippen LogP contribution in [0.1, 0.15) is 30.5 Å². The molecule has 0 radical (unpaired) electrons. The van der Waals surface area contributed by atoms with Gasteiger partial charge in [0.2, 0.25) is 0 Å². The van der Waals surface area contributed by atoms with Crippen LogP contribution >= 0.6 is 15.9 Å². The fourth-order valence-corrected chi connectivity index (χ4v) is 3.12. The molecular formula is C22H23BrN2O3. The number of halogens is 1. The number of anilines is 1. The number of nitriles is 1. The summed E-state index contributed by atoms with van der Waals surface area (Å²) < 4.78 is 11.8. The summed E-state index contributed by atoms with van der Waals surface area (Å²) >= 11 is 3.47. The van der Waals surface area contributed by atoms with Gasteiger partial charge in [0.1, 0.15) is 11.6 Å². The number of nitrogens with zero attached hydrogens (tertiary/aromatic N) is 1. The Balaban J connectivity index is 2.36. The molecule has 2 aromatic carbocycles. The maximum absolute atomic E-state index is 12.6. The van der Waals surface area contributed by atoms with Crippen molar-refractivity contribution in [1.82, 2.24) is 0 Å². The first-order chi connectivity index (χ1) is 13.3. The summed E-state index contributed by atoms with van der Waals surface area (Å²) in [4.78, 5) is 12.6. The van der Waals surface area contributed by atoms with Gasteiger partial charge < -0.3 is 14.8 Å². The molecule has 28 heavy (non-hydrogen) atoms. The highest BCUT2D eigenvalue weighted by Gasteiger charge is 2.15. The monoisotopic (exact) mass is 442 g/mol. The Morgan fingerprint density at radius 1 is 1.29 bits per heavy atom. The minimum Gasteiger partial charge on any atom is -0.493 e. The molecule has 0 aliphatic carbocycles. The molecule has 0 spiro atoms. The van der Waals surface area contributed by atoms with Crippen molar-refractivity contribution in [2.24, 2.45) is 0 Å². The number of rotatable bonds is 6. The van der Waals surface area contributed by atoms with Gasteiger partial charge in [-0.25, -0.2) is 0 Å². The van der Waals surface area contributed by atoms with E-state index >= 15 is 0 Å². The number of carbonyl (C=O) groups excluding carboxylic acids is 1. The second kappa shape index (κ2) is 9.43. The molecule has 0 unspecified atom stereocenters. The van der Waals surface area contributed by atoms with E-state index in [0.717, 1.165) is 11.1 Å². The molecule has 146 valence electrons. The van der Waals surface area contributed by atoms with Gasteiger partial charge in [-0.05, 0) is 84.6 Å². The van der Waals surface area contributed by atoms with E-state index in [1.807, 2.05) is 52.0 Å². The Morgan fingerprint density at radius 3 is 2.61 bits per heavy atom. The van der Waals surface area contributed by atoms with Crippen LogP contribution < -0.4 is 14.8 Å². The SMILES string of the molecule is COc1cc(C=C(C#N)C(=O)Nc2cccc(C)c2C)cc(Br)c1OC(C)C. The van der Waals surface area contributed by atoms with Gasteiger partial charge in [0.15, 0.2) is 11.5 Å². The first-order valence-corrected chi connectivity index (χ1v) is 9.59. The van der Waals surface area contributed by atoms with E-state index in [9.17, 15) is 10.1 Å². The normalized spacial score (nSPS) is 11.1. The molecule has 0 atom stereocenters. The van der Waals surface area contributed by atoms with Crippen LogP contribution in [0, 0.1) is 25.2 Å². The predicted octanol–water partition coefficient (Wildman–Crippen LogP) is 5.41. The van der Waals surface area contributed by atoms with Gasteiger partial charge in [-0.2, -0.15) is 5.26 Å². The molecule has 0 fully saturated rings. The van der Waals surface area contributed by atoms with Gasteiger partial charge in [-0.3, -0.25) is 4.79 Å². The second-order valence-electron chi connectivity index (χ2n) is 6.57. The van der Waals surface area contributed by atoms with Crippen LogP contribution in [0.3, 0.4) is 0 Å². The van der Waals surface area contributed by atoms with Crippen LogP contribution in [-0.2, 0) is 4.79 Å². The highest BCUT2D eigenvalue weighted by atomic mass is 79.9. The van der Waals surface area contributed by atoms with Gasteiger partial charge in [0.05, 0.1) is 17.7 Å². The van der Waals surface area contributed by atoms with Crippen LogP contribution in [-0.4, -0.2) is 19.1 Å². The smallest absolute Gasteiger partial charge is 0.266 e. The number of amides is 1. The first-order valence-electron chi connectivity index (χ1n) is 8.80. The summed E-state index contributed by atoms with van der Waals surface area (Å²) in [5.74, 6) is 0.628. The van der Waals surface area contributed by atoms with E-state index in [1.54, 1.807) is 19.2 Å². The lowest BCUT2D eigenvalue weighted by Gasteiger charge is -2.16. The molecule has 1 amide bonds. The Kier molecular flexibility index (Phi) is 7.24. The number of hydrogen-bond donors (Lipinski definition) is 1. The number of hydrogen-bond acceptors (Lipinski definition) is 4. The number of aryl methyl sites for hydroxylation is 1. The highest BCUT2D eigenvalue weighted by Crippen LogP contribution is 2.38. The van der Waals surface area contributed by atoms with E-state index in [2.05, 4.69) is 21.2 Å². The molecule has 2 aromatic rings. The van der Waals surface area contributed by atoms with Crippen molar-refractivity contribution in [3.8, 4) is 17.6 Å². The highest BCUT2D eigenvalue weighted by molar-refractivity contribution is 9.10. The quantitative estimate of drug-likeness (QED) is 0.479. The molecule has 1 N–H and O–H groups in total. The molecule has 6 heteroatoms. The zero-order valence-corrected chi connectivity index (χ0v) is 18.2. The predicted molar refractivity (Wildman–Crippen MR) is 115 cm³/mol. The molecule has 0 heterocycles. The van der Waals surface area contributed by atoms with Crippen molar-refractivity contribution < 1.29 is 14.3 Å². The van der Waals surface area contributed by atoms with Crippen molar-refractivity contribution in [1.29, 1.82) is 5.26 Å². The van der Waals surface area contributed by atoms with Gasteiger partial charge in [-0.1, -0.05) is 12.1 Å². The summed E-state index contributed by atoms with van der Waals surface area (Å²) in [6.45, 7) is 7.74. The van der Waals surface area contributed by atoms with Gasteiger partial charge in [0.25, 0.3) is 5.91 Å². The van der Waals surface area contributed by atoms with Crippen LogP contribution in [0.15, 0.2) is 40.4 Å². The number of benzene rings is 2. The van der Waals surface area contributed by atoms with Crippen molar-refractivity contribution in [2.75, 3.05) is 12.4 Å². The zero-order valence-electron chi connectivity index (χ0n) is 16.6. The molecule has 0 aromatic heterocycles. The van der Waals surface area contributed by atoms with Crippen molar-refractivity contribution in [3.05, 3.63) is 57.1 Å². The maximum Gasteiger partial charge on any atom is 0.266 e. The fraction of sp³-hybridized carbons (Fsp3) is 0.273. The fourth-order valence-electron chi connectivity index (χ4n) is 2.56. The van der Waals surface area contributed by atoms with Crippen molar-refractivity contribution in [3.63, 3.8) is 0 Å². The third kappa shape index (κ3) is 5.14. The third-order valence-electron chi connectivity index (χ3n) is 4.13. The Labute approximate surface area is 174 Å². The summed E-state index contributed by atoms with van der Waals surface area (Å²) in [5.41, 5.74) is 3.35. The van der Waals surface area contributed by atoms with E-state index < -0.39 is 5.91 Å². The van der Waals surface area contributed by atoms with Crippen LogP contribution in [0.5, 0.6) is 11.5 Å². The summed E-state index contributed by atoms with van der Waals surface area (Å²) in [5, 5.41) is 12.3. The van der Waals surface area contributed by atoms with Crippen molar-refractivity contribution >= 4 is 33.6 Å². The summed E-state index contributed by atoms with van der Waals surface area (Å²) in [6, 6.07) is 11.1. The Bertz CT molecular complexity index is 959. The lowest BCUT2D eigenvalue weighted by Crippen LogP contribution is -2.14. The molecule has 0 saturated carbocycles. The van der Waals surface area contributed by atoms with E-state index in [1.165, 1.54) is 6.08 Å². The average molecular weight is 443 g/mol. The average Bonchev–Trinajstić information content (AvgIpc) is 2.64. The molecular weight excluding hydrogens is 420 g/mol. The Hall–Kier alpha value is -2.78. The van der Waals surface area contributed by atoms with E-state index in [4.69, 9.17) is 9.47 Å². The zero-order chi connectivity index (χ0) is 20.8. The standard InChI is InChI=1S/C22H23BrN2O3/c1-13(2)28-21-18(23)10-16(11-20(21)27-5)9-17(12-24)22(26)25-19-8-6-7-14(3)15(19)4/h6-11,13H,1-5H3,(H,25,26). The number of ether oxygens (including phenoxy) is 2. The largest absolute Gasteiger partial charge is 0.493 e. The van der Waals surface area contributed by atoms with E-state index in [-0.39, 0.29) is 11.7 Å². The second-order valence-corrected chi connectivity index (χ2v) is 7.43. The summed E-state index contributed by atoms with van der Waals surface area (Å²) in [7, 11) is 1.54. The molecule has 5 nitrogen and oxygen atoms in total. The lowest BCUT2D eigenvalue weighted by molar-refractivity contribution is -0.112. The lowest BCUT2D eigenvalue weighted by atomic mass is 10.1. The molecule has 2 rings (SSSR count). The van der Waals surface area contributed by atoms with Crippen molar-refractivity contribution in [2.45, 2.75) is 33.8 Å². The van der Waals surface area contributed by atoms with Gasteiger partial charge in [0, 0.05) is 5.69 Å². The maximum atomic E-state index is 12.6. The van der Waals surface area contributed by atoms with E-state index in [0.29, 0.717) is 27.2 Å². The number of carbonyl (C=O) groups is 1. The Morgan fingerprint density at radius 2 is 2.00 bits per heavy atom. The minimum atomic E-state index is -0.464. The molecule has 0 saturated heterocycles. The number of nitrogens with one attached hydrogen (secondary N) is 1. The third-order valence-corrected chi connectivity index (χ3v) is 4.72. The van der Waals surface area contributed by atoms with Crippen LogP contribution in [0.4, 0.5) is 5.69 Å². The van der Waals surface area contributed by atoms with Gasteiger partial charge in [-0.15, -0.1) is 0 Å². The van der Waals surface area contributed by atoms with Crippen LogP contribution in [0.2, 0.25) is 0 Å².